The van der Waals surface area contributed by atoms with Crippen LogP contribution in [0.5, 0.6) is 0 Å². The minimum atomic E-state index is -0.575. The highest BCUT2D eigenvalue weighted by molar-refractivity contribution is 7.99. The van der Waals surface area contributed by atoms with E-state index in [1.54, 1.807) is 52.5 Å². The molecule has 2 unspecified atom stereocenters. The van der Waals surface area contributed by atoms with E-state index in [1.807, 2.05) is 12.1 Å². The van der Waals surface area contributed by atoms with Gasteiger partial charge in [-0.2, -0.15) is 5.10 Å². The van der Waals surface area contributed by atoms with Gasteiger partial charge in [0, 0.05) is 79.5 Å². The van der Waals surface area contributed by atoms with E-state index in [0.29, 0.717) is 59.5 Å². The van der Waals surface area contributed by atoms with Crippen molar-refractivity contribution >= 4 is 63.4 Å². The van der Waals surface area contributed by atoms with Crippen molar-refractivity contribution in [2.45, 2.75) is 61.1 Å². The molecule has 2 amide bonds. The van der Waals surface area contributed by atoms with Gasteiger partial charge in [0.2, 0.25) is 5.91 Å². The molecule has 15 nitrogen and oxygen atoms in total. The number of piperazine rings is 1. The molecule has 18 heteroatoms. The molecule has 314 valence electrons. The molecule has 3 saturated heterocycles. The zero-order valence-corrected chi connectivity index (χ0v) is 34.7. The Kier molecular flexibility index (Phi) is 11.9. The summed E-state index contributed by atoms with van der Waals surface area (Å²) in [6.45, 7) is 6.26. The fourth-order valence-electron chi connectivity index (χ4n) is 8.13. The number of carbonyl (C=O) groups excluding carboxylic acids is 2. The first-order chi connectivity index (χ1) is 28.9. The number of halogens is 2. The number of aromatic nitrogens is 5. The number of carbonyl (C=O) groups is 2. The fraction of sp³-hybridized carbons (Fsp3) is 0.405. The number of ether oxygens (including phenoxy) is 1. The molecule has 7 N–H and O–H groups in total. The van der Waals surface area contributed by atoms with Gasteiger partial charge < -0.3 is 36.6 Å². The molecule has 60 heavy (non-hydrogen) atoms. The molecule has 0 radical (unpaired) electrons. The molecule has 2 atom stereocenters. The Morgan fingerprint density at radius 2 is 1.70 bits per heavy atom. The number of nitrogens with zero attached hydrogens (tertiary/aromatic N) is 7. The van der Waals surface area contributed by atoms with Crippen LogP contribution in [0.2, 0.25) is 5.02 Å². The van der Waals surface area contributed by atoms with Crippen molar-refractivity contribution in [3.8, 4) is 0 Å². The topological polar surface area (TPSA) is 216 Å². The molecule has 4 aliphatic rings. The number of amides is 2. The largest absolute Gasteiger partial charge is 0.382 e. The van der Waals surface area contributed by atoms with Crippen LogP contribution >= 0.6 is 23.4 Å². The molecule has 4 fully saturated rings. The monoisotopic (exact) mass is 855 g/mol. The first-order valence-electron chi connectivity index (χ1n) is 20.1. The van der Waals surface area contributed by atoms with Gasteiger partial charge in [0.15, 0.2) is 5.82 Å². The SMILES string of the molecule is CC1OCC2(CCN(c3cnc(Sc4ccnc(N)c4Cl)c(N)n3)CC2)C1N.O=C(c1cc(Cc2n[nH]c(=O)c3ccccc23)ccc1F)N1CCN(C(=O)C2CC2)CC1. The van der Waals surface area contributed by atoms with Crippen molar-refractivity contribution in [1.29, 1.82) is 0 Å². The second kappa shape index (κ2) is 17.3. The van der Waals surface area contributed by atoms with Gasteiger partial charge in [-0.25, -0.2) is 24.4 Å². The quantitative estimate of drug-likeness (QED) is 0.177. The molecule has 5 aromatic rings. The van der Waals surface area contributed by atoms with Gasteiger partial charge in [0.1, 0.15) is 22.5 Å². The van der Waals surface area contributed by atoms with E-state index in [1.165, 1.54) is 17.8 Å². The highest BCUT2D eigenvalue weighted by Crippen LogP contribution is 2.42. The van der Waals surface area contributed by atoms with E-state index in [0.717, 1.165) is 67.0 Å². The van der Waals surface area contributed by atoms with Crippen LogP contribution in [0.15, 0.2) is 75.6 Å². The molecular weight excluding hydrogens is 809 g/mol. The van der Waals surface area contributed by atoms with Gasteiger partial charge >= 0.3 is 0 Å². The van der Waals surface area contributed by atoms with Gasteiger partial charge in [-0.3, -0.25) is 14.4 Å². The lowest BCUT2D eigenvalue weighted by molar-refractivity contribution is -0.134. The Hall–Kier alpha value is -5.36. The summed E-state index contributed by atoms with van der Waals surface area (Å²) in [6, 6.07) is 13.5. The average molecular weight is 856 g/mol. The van der Waals surface area contributed by atoms with Crippen LogP contribution in [0.1, 0.15) is 54.2 Å². The molecular formula is C42H47ClFN11O4S. The van der Waals surface area contributed by atoms with Crippen LogP contribution in [0.4, 0.5) is 21.8 Å². The Morgan fingerprint density at radius 3 is 2.38 bits per heavy atom. The zero-order chi connectivity index (χ0) is 42.1. The summed E-state index contributed by atoms with van der Waals surface area (Å²) in [7, 11) is 0. The second-order valence-electron chi connectivity index (χ2n) is 15.8. The molecule has 3 aliphatic heterocycles. The third-order valence-electron chi connectivity index (χ3n) is 12.0. The number of nitrogen functional groups attached to an aromatic ring is 2. The summed E-state index contributed by atoms with van der Waals surface area (Å²) in [5.74, 6) is 0.799. The maximum absolute atomic E-state index is 14.6. The number of nitrogens with one attached hydrogen (secondary N) is 1. The maximum Gasteiger partial charge on any atom is 0.272 e. The Labute approximate surface area is 355 Å². The molecule has 6 heterocycles. The maximum atomic E-state index is 14.6. The Balaban J connectivity index is 0.000000168. The van der Waals surface area contributed by atoms with E-state index < -0.39 is 5.82 Å². The number of hydrogen-bond donors (Lipinski definition) is 4. The number of H-pyrrole nitrogens is 1. The van der Waals surface area contributed by atoms with Gasteiger partial charge in [0.25, 0.3) is 11.5 Å². The third kappa shape index (κ3) is 8.62. The average Bonchev–Trinajstić information content (AvgIpc) is 4.09. The summed E-state index contributed by atoms with van der Waals surface area (Å²) >= 11 is 7.53. The van der Waals surface area contributed by atoms with E-state index in [2.05, 4.69) is 37.0 Å². The molecule has 1 saturated carbocycles. The van der Waals surface area contributed by atoms with Crippen molar-refractivity contribution in [3.05, 3.63) is 98.9 Å². The Bertz CT molecular complexity index is 2470. The van der Waals surface area contributed by atoms with Crippen LogP contribution < -0.4 is 27.7 Å². The van der Waals surface area contributed by atoms with Crippen molar-refractivity contribution in [2.24, 2.45) is 17.1 Å². The van der Waals surface area contributed by atoms with Crippen LogP contribution in [0, 0.1) is 17.2 Å². The number of anilines is 3. The predicted octanol–water partition coefficient (Wildman–Crippen LogP) is 4.52. The smallest absolute Gasteiger partial charge is 0.272 e. The van der Waals surface area contributed by atoms with E-state index in [9.17, 15) is 18.8 Å². The molecule has 9 rings (SSSR count). The highest BCUT2D eigenvalue weighted by Gasteiger charge is 2.47. The van der Waals surface area contributed by atoms with Crippen molar-refractivity contribution in [3.63, 3.8) is 0 Å². The normalized spacial score (nSPS) is 20.0. The van der Waals surface area contributed by atoms with Crippen LogP contribution in [-0.4, -0.2) is 105 Å². The summed E-state index contributed by atoms with van der Waals surface area (Å²) in [4.78, 5) is 56.6. The lowest BCUT2D eigenvalue weighted by Crippen LogP contribution is -2.51. The van der Waals surface area contributed by atoms with Gasteiger partial charge in [-0.15, -0.1) is 0 Å². The third-order valence-corrected chi connectivity index (χ3v) is 13.6. The predicted molar refractivity (Wildman–Crippen MR) is 228 cm³/mol. The summed E-state index contributed by atoms with van der Waals surface area (Å²) in [6.07, 6.45) is 7.68. The number of hydrogen-bond acceptors (Lipinski definition) is 13. The fourth-order valence-corrected chi connectivity index (χ4v) is 9.14. The van der Waals surface area contributed by atoms with Crippen LogP contribution in [-0.2, 0) is 16.0 Å². The molecule has 3 aromatic heterocycles. The number of nitrogens with two attached hydrogens (primary N) is 3. The summed E-state index contributed by atoms with van der Waals surface area (Å²) in [5.41, 5.74) is 19.5. The number of benzene rings is 2. The van der Waals surface area contributed by atoms with Crippen LogP contribution in [0.3, 0.4) is 0 Å². The molecule has 2 aromatic carbocycles. The minimum Gasteiger partial charge on any atom is -0.382 e. The highest BCUT2D eigenvalue weighted by atomic mass is 35.5. The van der Waals surface area contributed by atoms with Gasteiger partial charge in [-0.05, 0) is 62.4 Å². The number of aromatic amines is 1. The van der Waals surface area contributed by atoms with Gasteiger partial charge in [0.05, 0.1) is 40.6 Å². The first kappa shape index (κ1) is 41.4. The lowest BCUT2D eigenvalue weighted by atomic mass is 9.73. The van der Waals surface area contributed by atoms with Gasteiger partial charge in [-0.1, -0.05) is 47.6 Å². The summed E-state index contributed by atoms with van der Waals surface area (Å²) in [5, 5.41) is 8.91. The first-order valence-corrected chi connectivity index (χ1v) is 21.3. The number of rotatable bonds is 7. The number of fused-ring (bicyclic) bond motifs is 1. The van der Waals surface area contributed by atoms with Crippen molar-refractivity contribution < 1.29 is 18.7 Å². The standard InChI is InChI=1S/C24H23FN4O3.C18H24ClN7OS/c25-20-8-5-15(14-21-17-3-1-2-4-18(17)22(30)27-26-21)13-19(20)24(32)29-11-9-28(10-12-29)23(31)16-6-7-16;1-10-14(20)18(9-27-10)3-6-26(7-4-18)12-8-24-17(16(22)25-12)28-11-2-5-23-15(21)13(11)19/h1-5,8,13,16H,6-7,9-12,14H2,(H,27,30);2,5,8,10,14H,3-4,6-7,9,20H2,1H3,(H2,21,23)(H2,22,25). The van der Waals surface area contributed by atoms with Crippen molar-refractivity contribution in [2.75, 3.05) is 62.2 Å². The second-order valence-corrected chi connectivity index (χ2v) is 17.3. The molecule has 1 spiro atoms. The Morgan fingerprint density at radius 1 is 0.983 bits per heavy atom. The molecule has 1 aliphatic carbocycles. The molecule has 0 bridgehead atoms. The number of pyridine rings is 1. The van der Waals surface area contributed by atoms with Crippen molar-refractivity contribution in [1.82, 2.24) is 34.9 Å². The van der Waals surface area contributed by atoms with E-state index >= 15 is 0 Å². The lowest BCUT2D eigenvalue weighted by Gasteiger charge is -2.41. The number of piperidine rings is 1. The van der Waals surface area contributed by atoms with E-state index in [4.69, 9.17) is 33.5 Å². The van der Waals surface area contributed by atoms with Crippen LogP contribution in [0.25, 0.3) is 10.8 Å². The van der Waals surface area contributed by atoms with E-state index in [-0.39, 0.29) is 52.2 Å². The summed E-state index contributed by atoms with van der Waals surface area (Å²) < 4.78 is 20.4. The zero-order valence-electron chi connectivity index (χ0n) is 33.2. The minimum absolute atomic E-state index is 0.0122.